The van der Waals surface area contributed by atoms with E-state index in [4.69, 9.17) is 0 Å². The summed E-state index contributed by atoms with van der Waals surface area (Å²) in [5.41, 5.74) is 0.510. The van der Waals surface area contributed by atoms with Gasteiger partial charge in [-0.05, 0) is 34.7 Å². The Kier molecular flexibility index (Phi) is 4.98. The van der Waals surface area contributed by atoms with Crippen molar-refractivity contribution in [3.63, 3.8) is 0 Å². The summed E-state index contributed by atoms with van der Waals surface area (Å²) in [7, 11) is 1.85. The summed E-state index contributed by atoms with van der Waals surface area (Å²) < 4.78 is 3.72. The molecule has 1 amide bonds. The minimum atomic E-state index is -0.687. The standard InChI is InChI=1S/C9H9INO3P/c10-7(9(13)14-15)11-8(12)6-4-2-1-3-5-6/h1-5,7H,15H2,(H,11,12). The van der Waals surface area contributed by atoms with Gasteiger partial charge in [0.25, 0.3) is 5.91 Å². The van der Waals surface area contributed by atoms with Crippen molar-refractivity contribution in [3.05, 3.63) is 35.9 Å². The van der Waals surface area contributed by atoms with E-state index in [0.717, 1.165) is 0 Å². The molecule has 1 N–H and O–H groups in total. The highest BCUT2D eigenvalue weighted by atomic mass is 127. The lowest BCUT2D eigenvalue weighted by molar-refractivity contribution is -0.132. The van der Waals surface area contributed by atoms with Gasteiger partial charge in [0.1, 0.15) is 0 Å². The molecule has 0 heterocycles. The zero-order valence-electron chi connectivity index (χ0n) is 7.64. The molecule has 0 aliphatic heterocycles. The molecular formula is C9H9INO3P. The SMILES string of the molecule is O=C(NC(I)C(=O)OP)c1ccccc1. The first-order valence-corrected chi connectivity index (χ1v) is 5.77. The van der Waals surface area contributed by atoms with Crippen LogP contribution >= 0.6 is 32.1 Å². The van der Waals surface area contributed by atoms with Crippen molar-refractivity contribution < 1.29 is 14.1 Å². The summed E-state index contributed by atoms with van der Waals surface area (Å²) in [6, 6.07) is 8.67. The third-order valence-corrected chi connectivity index (χ3v) is 2.67. The van der Waals surface area contributed by atoms with Crippen LogP contribution in [0.1, 0.15) is 10.4 Å². The van der Waals surface area contributed by atoms with E-state index in [9.17, 15) is 9.59 Å². The first kappa shape index (κ1) is 12.4. The molecule has 6 heteroatoms. The number of carbonyl (C=O) groups excluding carboxylic acids is 2. The van der Waals surface area contributed by atoms with Crippen LogP contribution in [0.15, 0.2) is 30.3 Å². The smallest absolute Gasteiger partial charge is 0.341 e. The second kappa shape index (κ2) is 6.02. The molecule has 0 saturated carbocycles. The third-order valence-electron chi connectivity index (χ3n) is 1.62. The van der Waals surface area contributed by atoms with Crippen molar-refractivity contribution >= 4 is 43.9 Å². The number of amides is 1. The molecule has 80 valence electrons. The largest absolute Gasteiger partial charge is 0.449 e. The van der Waals surface area contributed by atoms with Crippen molar-refractivity contribution in [2.75, 3.05) is 0 Å². The van der Waals surface area contributed by atoms with Crippen LogP contribution in [0.5, 0.6) is 0 Å². The maximum absolute atomic E-state index is 11.5. The molecule has 1 aromatic carbocycles. The number of hydrogen-bond acceptors (Lipinski definition) is 3. The molecule has 0 radical (unpaired) electrons. The van der Waals surface area contributed by atoms with E-state index in [1.165, 1.54) is 0 Å². The predicted molar refractivity (Wildman–Crippen MR) is 67.5 cm³/mol. The topological polar surface area (TPSA) is 55.4 Å². The summed E-state index contributed by atoms with van der Waals surface area (Å²) in [4.78, 5) is 22.6. The average molecular weight is 337 g/mol. The lowest BCUT2D eigenvalue weighted by Crippen LogP contribution is -2.36. The Morgan fingerprint density at radius 3 is 2.47 bits per heavy atom. The monoisotopic (exact) mass is 337 g/mol. The Morgan fingerprint density at radius 2 is 1.93 bits per heavy atom. The molecule has 0 bridgehead atoms. The van der Waals surface area contributed by atoms with E-state index in [1.807, 2.05) is 15.5 Å². The second-order valence-corrected chi connectivity index (χ2v) is 4.12. The summed E-state index contributed by atoms with van der Waals surface area (Å²) in [5.74, 6) is -0.810. The summed E-state index contributed by atoms with van der Waals surface area (Å²) >= 11 is 1.79. The molecule has 0 aliphatic carbocycles. The molecule has 0 saturated heterocycles. The van der Waals surface area contributed by atoms with Gasteiger partial charge in [-0.2, -0.15) is 0 Å². The Balaban J connectivity index is 2.61. The fourth-order valence-corrected chi connectivity index (χ4v) is 1.75. The minimum Gasteiger partial charge on any atom is -0.449 e. The molecule has 1 aromatic rings. The van der Waals surface area contributed by atoms with Gasteiger partial charge in [0.05, 0.1) is 9.47 Å². The van der Waals surface area contributed by atoms with E-state index in [-0.39, 0.29) is 5.91 Å². The Labute approximate surface area is 103 Å². The quantitative estimate of drug-likeness (QED) is 0.394. The van der Waals surface area contributed by atoms with Crippen LogP contribution in [0.3, 0.4) is 0 Å². The van der Waals surface area contributed by atoms with Crippen LogP contribution in [-0.2, 0) is 9.32 Å². The normalized spacial score (nSPS) is 11.6. The van der Waals surface area contributed by atoms with Gasteiger partial charge in [0.15, 0.2) is 4.05 Å². The van der Waals surface area contributed by atoms with Crippen molar-refractivity contribution in [3.8, 4) is 0 Å². The lowest BCUT2D eigenvalue weighted by Gasteiger charge is -2.09. The van der Waals surface area contributed by atoms with E-state index >= 15 is 0 Å². The van der Waals surface area contributed by atoms with E-state index < -0.39 is 10.0 Å². The van der Waals surface area contributed by atoms with Gasteiger partial charge in [-0.15, -0.1) is 0 Å². The highest BCUT2D eigenvalue weighted by Gasteiger charge is 2.18. The molecule has 0 aromatic heterocycles. The highest BCUT2D eigenvalue weighted by Crippen LogP contribution is 2.05. The number of hydrogen-bond donors (Lipinski definition) is 1. The Morgan fingerprint density at radius 1 is 1.33 bits per heavy atom. The van der Waals surface area contributed by atoms with Gasteiger partial charge in [-0.1, -0.05) is 18.2 Å². The first-order valence-electron chi connectivity index (χ1n) is 4.05. The number of carbonyl (C=O) groups is 2. The van der Waals surface area contributed by atoms with Gasteiger partial charge in [0, 0.05) is 5.56 Å². The second-order valence-electron chi connectivity index (χ2n) is 2.64. The fraction of sp³-hybridized carbons (Fsp3) is 0.111. The molecule has 2 atom stereocenters. The predicted octanol–water partition coefficient (Wildman–Crippen LogP) is 1.51. The van der Waals surface area contributed by atoms with E-state index in [1.54, 1.807) is 46.9 Å². The molecular weight excluding hydrogens is 328 g/mol. The van der Waals surface area contributed by atoms with Crippen molar-refractivity contribution in [1.82, 2.24) is 5.32 Å². The fourth-order valence-electron chi connectivity index (χ4n) is 0.907. The summed E-state index contributed by atoms with van der Waals surface area (Å²) in [6.07, 6.45) is 0. The lowest BCUT2D eigenvalue weighted by atomic mass is 10.2. The van der Waals surface area contributed by atoms with Crippen molar-refractivity contribution in [1.29, 1.82) is 0 Å². The number of benzene rings is 1. The summed E-state index contributed by atoms with van der Waals surface area (Å²) in [5, 5.41) is 2.51. The van der Waals surface area contributed by atoms with Crippen molar-refractivity contribution in [2.45, 2.75) is 4.05 Å². The zero-order chi connectivity index (χ0) is 11.3. The Hall–Kier alpha value is -0.680. The molecule has 2 unspecified atom stereocenters. The number of halogens is 1. The van der Waals surface area contributed by atoms with E-state index in [0.29, 0.717) is 5.56 Å². The van der Waals surface area contributed by atoms with Gasteiger partial charge in [-0.25, -0.2) is 4.79 Å². The van der Waals surface area contributed by atoms with E-state index in [2.05, 4.69) is 9.84 Å². The summed E-state index contributed by atoms with van der Waals surface area (Å²) in [6.45, 7) is 0. The van der Waals surface area contributed by atoms with Gasteiger partial charge >= 0.3 is 5.97 Å². The van der Waals surface area contributed by atoms with Crippen LogP contribution in [-0.4, -0.2) is 15.9 Å². The third kappa shape index (κ3) is 3.76. The minimum absolute atomic E-state index is 0.301. The first-order chi connectivity index (χ1) is 7.15. The maximum Gasteiger partial charge on any atom is 0.341 e. The zero-order valence-corrected chi connectivity index (χ0v) is 11.0. The van der Waals surface area contributed by atoms with Crippen LogP contribution in [0.4, 0.5) is 0 Å². The van der Waals surface area contributed by atoms with Crippen molar-refractivity contribution in [2.24, 2.45) is 0 Å². The van der Waals surface area contributed by atoms with Crippen LogP contribution in [0, 0.1) is 0 Å². The Bertz CT molecular complexity index is 358. The molecule has 0 aliphatic rings. The van der Waals surface area contributed by atoms with Gasteiger partial charge < -0.3 is 9.84 Å². The van der Waals surface area contributed by atoms with Crippen LogP contribution in [0.2, 0.25) is 0 Å². The molecule has 15 heavy (non-hydrogen) atoms. The molecule has 1 rings (SSSR count). The van der Waals surface area contributed by atoms with Crippen LogP contribution in [0.25, 0.3) is 0 Å². The number of rotatable bonds is 3. The number of alkyl halides is 1. The highest BCUT2D eigenvalue weighted by molar-refractivity contribution is 14.1. The average Bonchev–Trinajstić information content (AvgIpc) is 2.29. The molecule has 4 nitrogen and oxygen atoms in total. The van der Waals surface area contributed by atoms with Crippen LogP contribution < -0.4 is 5.32 Å². The maximum atomic E-state index is 11.5. The van der Waals surface area contributed by atoms with Gasteiger partial charge in [-0.3, -0.25) is 4.79 Å². The molecule has 0 spiro atoms. The van der Waals surface area contributed by atoms with Gasteiger partial charge in [0.2, 0.25) is 0 Å². The number of nitrogens with one attached hydrogen (secondary N) is 1. The molecule has 0 fully saturated rings.